The molecule has 56 valence electrons. The van der Waals surface area contributed by atoms with Crippen molar-refractivity contribution in [1.82, 2.24) is 5.32 Å². The monoisotopic (exact) mass is 140 g/mol. The highest BCUT2D eigenvalue weighted by molar-refractivity contribution is 4.79. The van der Waals surface area contributed by atoms with Gasteiger partial charge in [0, 0.05) is 11.0 Å². The van der Waals surface area contributed by atoms with E-state index in [0.29, 0.717) is 5.92 Å². The van der Waals surface area contributed by atoms with Crippen LogP contribution in [0.3, 0.4) is 0 Å². The van der Waals surface area contributed by atoms with Gasteiger partial charge in [0.15, 0.2) is 0 Å². The van der Waals surface area contributed by atoms with Gasteiger partial charge in [0.05, 0.1) is 0 Å². The van der Waals surface area contributed by atoms with Crippen LogP contribution < -0.4 is 5.32 Å². The van der Waals surface area contributed by atoms with Crippen LogP contribution in [0.2, 0.25) is 0 Å². The molecule has 1 rings (SSSR count). The summed E-state index contributed by atoms with van der Waals surface area (Å²) in [5, 5.41) is 6.88. The third-order valence-corrected chi connectivity index (χ3v) is 2.01. The van der Waals surface area contributed by atoms with Gasteiger partial charge in [0.2, 0.25) is 0 Å². The van der Waals surface area contributed by atoms with E-state index in [1.54, 1.807) is 0 Å². The fourth-order valence-corrected chi connectivity index (χ4v) is 1.26. The number of hydrogen-bond donors (Lipinski definition) is 1. The summed E-state index contributed by atoms with van der Waals surface area (Å²) in [6.07, 6.45) is 1.14. The smallest absolute Gasteiger partial charge is 0.0386 e. The summed E-state index contributed by atoms with van der Waals surface area (Å²) >= 11 is 0. The summed E-state index contributed by atoms with van der Waals surface area (Å²) in [6.45, 7) is 4.04. The zero-order chi connectivity index (χ0) is 7.40. The average Bonchev–Trinajstić information content (AvgIpc) is 2.38. The molecule has 1 aliphatic rings. The lowest BCUT2D eigenvalue weighted by atomic mass is 10.0. The van der Waals surface area contributed by atoms with Crippen molar-refractivity contribution in [2.45, 2.75) is 19.4 Å². The highest BCUT2D eigenvalue weighted by Crippen LogP contribution is 2.14. The lowest BCUT2D eigenvalue weighted by molar-refractivity contribution is 0.482. The molecule has 0 amide bonds. The van der Waals surface area contributed by atoms with Crippen LogP contribution in [0, 0.1) is 5.92 Å². The van der Waals surface area contributed by atoms with E-state index in [1.165, 1.54) is 0 Å². The molecule has 0 saturated carbocycles. The van der Waals surface area contributed by atoms with E-state index in [-0.39, 0.29) is 6.04 Å². The van der Waals surface area contributed by atoms with E-state index >= 15 is 0 Å². The van der Waals surface area contributed by atoms with E-state index < -0.39 is 0 Å². The van der Waals surface area contributed by atoms with Gasteiger partial charge in [-0.15, -0.1) is 0 Å². The van der Waals surface area contributed by atoms with Crippen molar-refractivity contribution in [3.63, 3.8) is 0 Å². The maximum Gasteiger partial charge on any atom is 0.0386 e. The fourth-order valence-electron chi connectivity index (χ4n) is 1.26. The van der Waals surface area contributed by atoms with Gasteiger partial charge in [0.25, 0.3) is 0 Å². The van der Waals surface area contributed by atoms with Crippen LogP contribution in [0.5, 0.6) is 0 Å². The summed E-state index contributed by atoms with van der Waals surface area (Å²) in [5.41, 5.74) is 8.13. The molecule has 0 aromatic carbocycles. The Morgan fingerprint density at radius 3 is 3.10 bits per heavy atom. The molecule has 4 nitrogen and oxygen atoms in total. The summed E-state index contributed by atoms with van der Waals surface area (Å²) < 4.78 is 0. The lowest BCUT2D eigenvalue weighted by Gasteiger charge is -2.10. The standard InChI is InChI=1S/C6H12N4/c1-5(9-10-7)6-2-3-8-4-6/h5-6,8H,2-4H2,1H3/t5-,6+/m1/s1. The van der Waals surface area contributed by atoms with E-state index in [1.807, 2.05) is 6.92 Å². The zero-order valence-electron chi connectivity index (χ0n) is 6.12. The third-order valence-electron chi connectivity index (χ3n) is 2.01. The fraction of sp³-hybridized carbons (Fsp3) is 1.00. The molecule has 1 heterocycles. The van der Waals surface area contributed by atoms with Crippen LogP contribution in [0.25, 0.3) is 10.4 Å². The Kier molecular flexibility index (Phi) is 2.54. The van der Waals surface area contributed by atoms with E-state index in [4.69, 9.17) is 5.53 Å². The first-order chi connectivity index (χ1) is 4.84. The largest absolute Gasteiger partial charge is 0.316 e. The summed E-state index contributed by atoms with van der Waals surface area (Å²) in [4.78, 5) is 2.78. The number of hydrogen-bond acceptors (Lipinski definition) is 2. The average molecular weight is 140 g/mol. The lowest BCUT2D eigenvalue weighted by Crippen LogP contribution is -2.17. The second-order valence-corrected chi connectivity index (χ2v) is 2.70. The molecule has 1 saturated heterocycles. The van der Waals surface area contributed by atoms with Crippen molar-refractivity contribution < 1.29 is 0 Å². The number of rotatable bonds is 2. The molecule has 4 heteroatoms. The molecule has 10 heavy (non-hydrogen) atoms. The van der Waals surface area contributed by atoms with Crippen molar-refractivity contribution in [3.8, 4) is 0 Å². The number of nitrogens with one attached hydrogen (secondary N) is 1. The van der Waals surface area contributed by atoms with E-state index in [9.17, 15) is 0 Å². The Bertz CT molecular complexity index is 144. The normalized spacial score (nSPS) is 27.5. The Hall–Kier alpha value is -0.730. The third kappa shape index (κ3) is 1.62. The van der Waals surface area contributed by atoms with Gasteiger partial charge in [-0.2, -0.15) is 0 Å². The first-order valence-corrected chi connectivity index (χ1v) is 3.59. The van der Waals surface area contributed by atoms with Crippen molar-refractivity contribution in [1.29, 1.82) is 0 Å². The molecule has 0 aromatic heterocycles. The molecule has 1 N–H and O–H groups in total. The van der Waals surface area contributed by atoms with E-state index in [2.05, 4.69) is 15.3 Å². The first kappa shape index (κ1) is 7.38. The quantitative estimate of drug-likeness (QED) is 0.350. The molecule has 0 radical (unpaired) electrons. The van der Waals surface area contributed by atoms with Gasteiger partial charge in [-0.25, -0.2) is 0 Å². The Balaban J connectivity index is 2.39. The molecule has 0 unspecified atom stereocenters. The van der Waals surface area contributed by atoms with Crippen LogP contribution in [0.15, 0.2) is 5.11 Å². The predicted octanol–water partition coefficient (Wildman–Crippen LogP) is 1.29. The van der Waals surface area contributed by atoms with Crippen molar-refractivity contribution in [2.75, 3.05) is 13.1 Å². The minimum Gasteiger partial charge on any atom is -0.316 e. The molecule has 0 aromatic rings. The highest BCUT2D eigenvalue weighted by Gasteiger charge is 2.19. The van der Waals surface area contributed by atoms with Crippen LogP contribution in [-0.2, 0) is 0 Å². The molecule has 1 fully saturated rings. The predicted molar refractivity (Wildman–Crippen MR) is 39.6 cm³/mol. The summed E-state index contributed by atoms with van der Waals surface area (Å²) in [7, 11) is 0. The second-order valence-electron chi connectivity index (χ2n) is 2.70. The molecular weight excluding hydrogens is 128 g/mol. The van der Waals surface area contributed by atoms with Gasteiger partial charge in [0.1, 0.15) is 0 Å². The van der Waals surface area contributed by atoms with Gasteiger partial charge in [-0.1, -0.05) is 12.0 Å². The van der Waals surface area contributed by atoms with Gasteiger partial charge in [-0.05, 0) is 31.0 Å². The molecule has 0 aliphatic carbocycles. The van der Waals surface area contributed by atoms with Crippen LogP contribution in [-0.4, -0.2) is 19.1 Å². The Morgan fingerprint density at radius 1 is 1.80 bits per heavy atom. The van der Waals surface area contributed by atoms with Crippen molar-refractivity contribution >= 4 is 0 Å². The van der Waals surface area contributed by atoms with Crippen molar-refractivity contribution in [3.05, 3.63) is 10.4 Å². The SMILES string of the molecule is C[C@@H](N=[N+]=[N-])[C@H]1CCNC1. The molecule has 0 spiro atoms. The van der Waals surface area contributed by atoms with Gasteiger partial charge in [-0.3, -0.25) is 0 Å². The maximum atomic E-state index is 8.13. The molecule has 0 bridgehead atoms. The Labute approximate surface area is 60.2 Å². The number of nitrogens with zero attached hydrogens (tertiary/aromatic N) is 3. The topological polar surface area (TPSA) is 60.8 Å². The minimum absolute atomic E-state index is 0.153. The molecule has 1 aliphatic heterocycles. The molecule has 2 atom stereocenters. The summed E-state index contributed by atoms with van der Waals surface area (Å²) in [5.74, 6) is 0.552. The maximum absolute atomic E-state index is 8.13. The second kappa shape index (κ2) is 3.44. The first-order valence-electron chi connectivity index (χ1n) is 3.59. The molecular formula is C6H12N4. The van der Waals surface area contributed by atoms with Crippen molar-refractivity contribution in [2.24, 2.45) is 11.0 Å². The zero-order valence-corrected chi connectivity index (χ0v) is 6.12. The van der Waals surface area contributed by atoms with Gasteiger partial charge < -0.3 is 5.32 Å². The van der Waals surface area contributed by atoms with Crippen LogP contribution >= 0.6 is 0 Å². The number of azide groups is 1. The Morgan fingerprint density at radius 2 is 2.60 bits per heavy atom. The van der Waals surface area contributed by atoms with E-state index in [0.717, 1.165) is 19.5 Å². The van der Waals surface area contributed by atoms with Crippen LogP contribution in [0.4, 0.5) is 0 Å². The van der Waals surface area contributed by atoms with Crippen LogP contribution in [0.1, 0.15) is 13.3 Å². The summed E-state index contributed by atoms with van der Waals surface area (Å²) in [6, 6.07) is 0.153. The van der Waals surface area contributed by atoms with Gasteiger partial charge >= 0.3 is 0 Å². The minimum atomic E-state index is 0.153. The highest BCUT2D eigenvalue weighted by atomic mass is 15.2.